The third kappa shape index (κ3) is 7.34. The first-order chi connectivity index (χ1) is 16.4. The molecule has 1 fully saturated rings. The lowest BCUT2D eigenvalue weighted by atomic mass is 10.1. The van der Waals surface area contributed by atoms with Crippen LogP contribution >= 0.6 is 11.6 Å². The Labute approximate surface area is 208 Å². The second kappa shape index (κ2) is 13.0. The lowest BCUT2D eigenvalue weighted by Gasteiger charge is -2.30. The largest absolute Gasteiger partial charge is 0.383 e. The highest BCUT2D eigenvalue weighted by Crippen LogP contribution is 2.26. The van der Waals surface area contributed by atoms with E-state index in [9.17, 15) is 9.59 Å². The summed E-state index contributed by atoms with van der Waals surface area (Å²) in [5.74, 6) is 0.418. The molecule has 6 nitrogen and oxygen atoms in total. The van der Waals surface area contributed by atoms with Gasteiger partial charge >= 0.3 is 0 Å². The van der Waals surface area contributed by atoms with Crippen LogP contribution in [0.2, 0.25) is 5.02 Å². The zero-order valence-electron chi connectivity index (χ0n) is 20.7. The van der Waals surface area contributed by atoms with E-state index in [0.717, 1.165) is 42.0 Å². The van der Waals surface area contributed by atoms with Gasteiger partial charge in [0.1, 0.15) is 0 Å². The Hall–Kier alpha value is -2.31. The Kier molecular flexibility index (Phi) is 10.0. The van der Waals surface area contributed by atoms with Gasteiger partial charge in [-0.25, -0.2) is 0 Å². The predicted molar refractivity (Wildman–Crippen MR) is 136 cm³/mol. The first kappa shape index (κ1) is 26.3. The Morgan fingerprint density at radius 1 is 1.12 bits per heavy atom. The van der Waals surface area contributed by atoms with E-state index in [1.165, 1.54) is 0 Å². The van der Waals surface area contributed by atoms with Gasteiger partial charge in [0.25, 0.3) is 0 Å². The molecule has 2 amide bonds. The zero-order valence-corrected chi connectivity index (χ0v) is 21.5. The molecule has 3 rings (SSSR count). The number of nitrogens with zero attached hydrogens (tertiary/aromatic N) is 3. The fraction of sp³-hybridized carbons (Fsp3) is 0.556. The van der Waals surface area contributed by atoms with Gasteiger partial charge in [-0.2, -0.15) is 0 Å². The summed E-state index contributed by atoms with van der Waals surface area (Å²) in [4.78, 5) is 30.2. The average molecular weight is 488 g/mol. The van der Waals surface area contributed by atoms with Crippen molar-refractivity contribution in [3.05, 3.63) is 58.9 Å². The number of methoxy groups -OCH3 is 1. The van der Waals surface area contributed by atoms with Crippen molar-refractivity contribution in [2.75, 3.05) is 33.4 Å². The molecule has 1 aliphatic carbocycles. The lowest BCUT2D eigenvalue weighted by molar-refractivity contribution is -0.144. The van der Waals surface area contributed by atoms with Gasteiger partial charge < -0.3 is 19.1 Å². The molecule has 1 aliphatic rings. The van der Waals surface area contributed by atoms with E-state index in [2.05, 4.69) is 18.4 Å². The molecule has 7 heteroatoms. The summed E-state index contributed by atoms with van der Waals surface area (Å²) in [6, 6.07) is 11.9. The highest BCUT2D eigenvalue weighted by Gasteiger charge is 2.29. The maximum atomic E-state index is 13.5. The number of aromatic nitrogens is 1. The Morgan fingerprint density at radius 3 is 2.53 bits per heavy atom. The standard InChI is InChI=1S/C27H38ClN3O3/c1-21(2)17-31(19-24-12-8-14-29(24)18-23-11-6-7-13-25(23)28)26(32)20-30(15-16-34-3)27(33)22-9-4-5-10-22/h6-8,11-14,21-22H,4-5,9-10,15-20H2,1-3H3. The normalized spacial score (nSPS) is 14.0. The molecule has 0 N–H and O–H groups in total. The van der Waals surface area contributed by atoms with Crippen LogP contribution in [-0.4, -0.2) is 59.5 Å². The van der Waals surface area contributed by atoms with Crippen molar-refractivity contribution in [2.24, 2.45) is 11.8 Å². The number of amides is 2. The van der Waals surface area contributed by atoms with E-state index in [1.807, 2.05) is 47.5 Å². The van der Waals surface area contributed by atoms with Gasteiger partial charge in [0, 0.05) is 49.6 Å². The van der Waals surface area contributed by atoms with Crippen LogP contribution in [0.15, 0.2) is 42.6 Å². The van der Waals surface area contributed by atoms with E-state index >= 15 is 0 Å². The first-order valence-electron chi connectivity index (χ1n) is 12.3. The molecule has 0 bridgehead atoms. The van der Waals surface area contributed by atoms with Gasteiger partial charge in [-0.3, -0.25) is 9.59 Å². The van der Waals surface area contributed by atoms with Crippen LogP contribution in [0.4, 0.5) is 0 Å². The second-order valence-corrected chi connectivity index (χ2v) is 10.0. The molecule has 0 atom stereocenters. The SMILES string of the molecule is COCCN(CC(=O)N(Cc1cccn1Cc1ccccc1Cl)CC(C)C)C(=O)C1CCCC1. The summed E-state index contributed by atoms with van der Waals surface area (Å²) < 4.78 is 7.36. The maximum absolute atomic E-state index is 13.5. The van der Waals surface area contributed by atoms with Gasteiger partial charge in [0.05, 0.1) is 19.7 Å². The van der Waals surface area contributed by atoms with Crippen LogP contribution in [0.5, 0.6) is 0 Å². The summed E-state index contributed by atoms with van der Waals surface area (Å²) in [5, 5.41) is 0.733. The van der Waals surface area contributed by atoms with Gasteiger partial charge in [-0.15, -0.1) is 0 Å². The minimum absolute atomic E-state index is 0.0263. The van der Waals surface area contributed by atoms with Crippen LogP contribution in [0, 0.1) is 11.8 Å². The molecule has 0 unspecified atom stereocenters. The summed E-state index contributed by atoms with van der Waals surface area (Å²) in [5.41, 5.74) is 2.08. The van der Waals surface area contributed by atoms with Crippen molar-refractivity contribution < 1.29 is 14.3 Å². The van der Waals surface area contributed by atoms with Crippen molar-refractivity contribution in [2.45, 2.75) is 52.6 Å². The second-order valence-electron chi connectivity index (χ2n) is 9.62. The Morgan fingerprint density at radius 2 is 1.85 bits per heavy atom. The molecule has 34 heavy (non-hydrogen) atoms. The average Bonchev–Trinajstić information content (AvgIpc) is 3.49. The van der Waals surface area contributed by atoms with Crippen LogP contribution < -0.4 is 0 Å². The first-order valence-corrected chi connectivity index (χ1v) is 12.7. The quantitative estimate of drug-likeness (QED) is 0.430. The van der Waals surface area contributed by atoms with Crippen LogP contribution in [0.3, 0.4) is 0 Å². The van der Waals surface area contributed by atoms with Gasteiger partial charge in [-0.1, -0.05) is 56.5 Å². The molecule has 0 spiro atoms. The summed E-state index contributed by atoms with van der Waals surface area (Å²) in [6.45, 7) is 6.94. The Balaban J connectivity index is 1.73. The zero-order chi connectivity index (χ0) is 24.5. The number of hydrogen-bond donors (Lipinski definition) is 0. The van der Waals surface area contributed by atoms with E-state index in [0.29, 0.717) is 38.7 Å². The molecule has 0 saturated heterocycles. The molecule has 1 heterocycles. The number of carbonyl (C=O) groups is 2. The van der Waals surface area contributed by atoms with Crippen molar-refractivity contribution >= 4 is 23.4 Å². The summed E-state index contributed by atoms with van der Waals surface area (Å²) in [6.07, 6.45) is 6.03. The number of rotatable bonds is 12. The van der Waals surface area contributed by atoms with E-state index in [4.69, 9.17) is 16.3 Å². The highest BCUT2D eigenvalue weighted by atomic mass is 35.5. The van der Waals surface area contributed by atoms with Gasteiger partial charge in [0.15, 0.2) is 0 Å². The van der Waals surface area contributed by atoms with E-state index in [1.54, 1.807) is 12.0 Å². The third-order valence-corrected chi connectivity index (χ3v) is 6.79. The number of hydrogen-bond acceptors (Lipinski definition) is 3. The van der Waals surface area contributed by atoms with Crippen LogP contribution in [0.1, 0.15) is 50.8 Å². The van der Waals surface area contributed by atoms with Crippen molar-refractivity contribution in [3.63, 3.8) is 0 Å². The van der Waals surface area contributed by atoms with Crippen molar-refractivity contribution in [1.82, 2.24) is 14.4 Å². The molecular formula is C27H38ClN3O3. The predicted octanol–water partition coefficient (Wildman–Crippen LogP) is 4.84. The topological polar surface area (TPSA) is 54.8 Å². The van der Waals surface area contributed by atoms with Crippen LogP contribution in [-0.2, 0) is 27.4 Å². The number of halogens is 1. The maximum Gasteiger partial charge on any atom is 0.242 e. The molecule has 0 aliphatic heterocycles. The minimum atomic E-state index is -0.0263. The number of benzene rings is 1. The summed E-state index contributed by atoms with van der Waals surface area (Å²) >= 11 is 6.38. The third-order valence-electron chi connectivity index (χ3n) is 6.42. The number of ether oxygens (including phenoxy) is 1. The fourth-order valence-corrected chi connectivity index (χ4v) is 4.81. The molecule has 1 aromatic heterocycles. The number of carbonyl (C=O) groups excluding carboxylic acids is 2. The molecular weight excluding hydrogens is 450 g/mol. The Bertz CT molecular complexity index is 937. The van der Waals surface area contributed by atoms with E-state index < -0.39 is 0 Å². The lowest BCUT2D eigenvalue weighted by Crippen LogP contribution is -2.46. The molecule has 0 radical (unpaired) electrons. The van der Waals surface area contributed by atoms with Crippen molar-refractivity contribution in [3.8, 4) is 0 Å². The monoisotopic (exact) mass is 487 g/mol. The highest BCUT2D eigenvalue weighted by molar-refractivity contribution is 6.31. The summed E-state index contributed by atoms with van der Waals surface area (Å²) in [7, 11) is 1.62. The smallest absolute Gasteiger partial charge is 0.242 e. The fourth-order valence-electron chi connectivity index (χ4n) is 4.61. The van der Waals surface area contributed by atoms with E-state index in [-0.39, 0.29) is 24.3 Å². The van der Waals surface area contributed by atoms with Gasteiger partial charge in [-0.05, 0) is 42.5 Å². The van der Waals surface area contributed by atoms with Crippen molar-refractivity contribution in [1.29, 1.82) is 0 Å². The van der Waals surface area contributed by atoms with Gasteiger partial charge in [0.2, 0.25) is 11.8 Å². The minimum Gasteiger partial charge on any atom is -0.383 e. The molecule has 2 aromatic rings. The molecule has 1 aromatic carbocycles. The molecule has 186 valence electrons. The molecule has 1 saturated carbocycles. The van der Waals surface area contributed by atoms with Crippen LogP contribution in [0.25, 0.3) is 0 Å².